The van der Waals surface area contributed by atoms with Gasteiger partial charge in [0, 0.05) is 0 Å². The van der Waals surface area contributed by atoms with Crippen LogP contribution in [-0.4, -0.2) is 0 Å². The van der Waals surface area contributed by atoms with Gasteiger partial charge in [0.05, 0.1) is 0 Å². The highest BCUT2D eigenvalue weighted by atomic mass is 14.2. The topological polar surface area (TPSA) is 0 Å². The second-order valence-corrected chi connectivity index (χ2v) is 4.61. The molecule has 0 unspecified atom stereocenters. The molecule has 14 heavy (non-hydrogen) atoms. The molecule has 0 saturated carbocycles. The van der Waals surface area contributed by atoms with Crippen LogP contribution in [0.1, 0.15) is 47.5 Å². The van der Waals surface area contributed by atoms with Gasteiger partial charge >= 0.3 is 0 Å². The summed E-state index contributed by atoms with van der Waals surface area (Å²) in [5.41, 5.74) is 3.20. The predicted octanol–water partition coefficient (Wildman–Crippen LogP) is 4.89. The molecule has 0 radical (unpaired) electrons. The lowest BCUT2D eigenvalue weighted by Gasteiger charge is -2.26. The Kier molecular flexibility index (Phi) is 5.52. The van der Waals surface area contributed by atoms with Crippen LogP contribution >= 0.6 is 0 Å². The molecule has 0 fully saturated rings. The van der Waals surface area contributed by atoms with Crippen LogP contribution in [0.25, 0.3) is 0 Å². The lowest BCUT2D eigenvalue weighted by atomic mass is 9.79. The van der Waals surface area contributed by atoms with E-state index >= 15 is 0 Å². The zero-order valence-corrected chi connectivity index (χ0v) is 10.4. The van der Waals surface area contributed by atoms with Crippen LogP contribution in [0.3, 0.4) is 0 Å². The Morgan fingerprint density at radius 2 is 1.86 bits per heavy atom. The zero-order chi connectivity index (χ0) is 11.2. The average Bonchev–Trinajstić information content (AvgIpc) is 2.12. The summed E-state index contributed by atoms with van der Waals surface area (Å²) in [5.74, 6) is 0. The average molecular weight is 192 g/mol. The first-order valence-corrected chi connectivity index (χ1v) is 5.34. The summed E-state index contributed by atoms with van der Waals surface area (Å²) in [4.78, 5) is 0. The van der Waals surface area contributed by atoms with E-state index in [1.54, 1.807) is 0 Å². The first-order chi connectivity index (χ1) is 6.44. The van der Waals surface area contributed by atoms with Gasteiger partial charge in [0.15, 0.2) is 0 Å². The molecule has 0 amide bonds. The summed E-state index contributed by atoms with van der Waals surface area (Å²) in [6, 6.07) is 0. The Morgan fingerprint density at radius 1 is 1.29 bits per heavy atom. The molecule has 0 aromatic heterocycles. The number of rotatable bonds is 5. The molecular formula is C14H24. The minimum Gasteiger partial charge on any atom is -0.103 e. The molecule has 0 aromatic carbocycles. The third-order valence-corrected chi connectivity index (χ3v) is 2.85. The van der Waals surface area contributed by atoms with Crippen molar-refractivity contribution in [2.24, 2.45) is 5.41 Å². The summed E-state index contributed by atoms with van der Waals surface area (Å²) in [6.45, 7) is 14.8. The Labute approximate surface area is 89.4 Å². The second kappa shape index (κ2) is 5.85. The van der Waals surface area contributed by atoms with Crippen LogP contribution in [0.2, 0.25) is 0 Å². The molecule has 0 aliphatic rings. The van der Waals surface area contributed by atoms with E-state index in [0.29, 0.717) is 0 Å². The molecule has 0 aliphatic carbocycles. The SMILES string of the molecule is C=CC/C=C(\C)CC(C)(C)/C(C)=C/C. The van der Waals surface area contributed by atoms with Crippen molar-refractivity contribution in [3.05, 3.63) is 36.0 Å². The maximum absolute atomic E-state index is 3.72. The number of allylic oxidation sites excluding steroid dienone is 5. The van der Waals surface area contributed by atoms with Crippen LogP contribution in [0.5, 0.6) is 0 Å². The van der Waals surface area contributed by atoms with Crippen LogP contribution in [0.4, 0.5) is 0 Å². The van der Waals surface area contributed by atoms with Gasteiger partial charge in [0.2, 0.25) is 0 Å². The van der Waals surface area contributed by atoms with Crippen LogP contribution in [0, 0.1) is 5.41 Å². The first kappa shape index (κ1) is 13.2. The Bertz CT molecular complexity index is 239. The van der Waals surface area contributed by atoms with Gasteiger partial charge in [-0.25, -0.2) is 0 Å². The van der Waals surface area contributed by atoms with Crippen LogP contribution in [0.15, 0.2) is 36.0 Å². The van der Waals surface area contributed by atoms with Crippen molar-refractivity contribution < 1.29 is 0 Å². The molecule has 0 nitrogen and oxygen atoms in total. The van der Waals surface area contributed by atoms with Gasteiger partial charge in [-0.1, -0.05) is 43.2 Å². The summed E-state index contributed by atoms with van der Waals surface area (Å²) in [5, 5.41) is 0. The molecule has 0 rings (SSSR count). The molecule has 0 aromatic rings. The molecule has 0 heterocycles. The van der Waals surface area contributed by atoms with Crippen molar-refractivity contribution in [1.82, 2.24) is 0 Å². The predicted molar refractivity (Wildman–Crippen MR) is 66.4 cm³/mol. The normalized spacial score (nSPS) is 14.4. The summed E-state index contributed by atoms with van der Waals surface area (Å²) in [6.07, 6.45) is 8.53. The fraction of sp³-hybridized carbons (Fsp3) is 0.571. The smallest absolute Gasteiger partial charge is 0.0111 e. The summed E-state index contributed by atoms with van der Waals surface area (Å²) >= 11 is 0. The Hall–Kier alpha value is -0.780. The summed E-state index contributed by atoms with van der Waals surface area (Å²) in [7, 11) is 0. The highest BCUT2D eigenvalue weighted by Gasteiger charge is 2.19. The number of hydrogen-bond donors (Lipinski definition) is 0. The molecule has 0 saturated heterocycles. The molecule has 0 N–H and O–H groups in total. The quantitative estimate of drug-likeness (QED) is 0.544. The fourth-order valence-electron chi connectivity index (χ4n) is 1.58. The van der Waals surface area contributed by atoms with E-state index in [0.717, 1.165) is 12.8 Å². The molecule has 80 valence electrons. The third-order valence-electron chi connectivity index (χ3n) is 2.85. The van der Waals surface area contributed by atoms with Crippen LogP contribution in [-0.2, 0) is 0 Å². The zero-order valence-electron chi connectivity index (χ0n) is 10.4. The Balaban J connectivity index is 4.43. The van der Waals surface area contributed by atoms with Gasteiger partial charge in [-0.15, -0.1) is 6.58 Å². The fourth-order valence-corrected chi connectivity index (χ4v) is 1.58. The molecule has 0 bridgehead atoms. The largest absolute Gasteiger partial charge is 0.103 e. The third kappa shape index (κ3) is 4.45. The van der Waals surface area contributed by atoms with Crippen LogP contribution < -0.4 is 0 Å². The van der Waals surface area contributed by atoms with Crippen molar-refractivity contribution in [2.75, 3.05) is 0 Å². The van der Waals surface area contributed by atoms with Gasteiger partial charge in [0.25, 0.3) is 0 Å². The van der Waals surface area contributed by atoms with Crippen molar-refractivity contribution >= 4 is 0 Å². The van der Waals surface area contributed by atoms with E-state index < -0.39 is 0 Å². The van der Waals surface area contributed by atoms with Crippen molar-refractivity contribution in [1.29, 1.82) is 0 Å². The lowest BCUT2D eigenvalue weighted by Crippen LogP contribution is -2.13. The molecule has 0 spiro atoms. The molecular weight excluding hydrogens is 168 g/mol. The van der Waals surface area contributed by atoms with Crippen molar-refractivity contribution in [2.45, 2.75) is 47.5 Å². The Morgan fingerprint density at radius 3 is 2.29 bits per heavy atom. The minimum atomic E-state index is 0.288. The molecule has 0 heteroatoms. The molecule has 0 atom stereocenters. The van der Waals surface area contributed by atoms with E-state index in [4.69, 9.17) is 0 Å². The van der Waals surface area contributed by atoms with Gasteiger partial charge < -0.3 is 0 Å². The van der Waals surface area contributed by atoms with E-state index in [1.807, 2.05) is 6.08 Å². The van der Waals surface area contributed by atoms with E-state index in [-0.39, 0.29) is 5.41 Å². The highest BCUT2D eigenvalue weighted by Crippen LogP contribution is 2.32. The van der Waals surface area contributed by atoms with Gasteiger partial charge in [0.1, 0.15) is 0 Å². The van der Waals surface area contributed by atoms with E-state index in [1.165, 1.54) is 11.1 Å². The standard InChI is InChI=1S/C14H24/c1-7-9-10-12(3)11-14(5,6)13(4)8-2/h7-8,10H,1,9,11H2,2-6H3/b12-10+,13-8+. The van der Waals surface area contributed by atoms with E-state index in [9.17, 15) is 0 Å². The van der Waals surface area contributed by atoms with Gasteiger partial charge in [-0.2, -0.15) is 0 Å². The first-order valence-electron chi connectivity index (χ1n) is 5.34. The van der Waals surface area contributed by atoms with Gasteiger partial charge in [-0.05, 0) is 39.0 Å². The highest BCUT2D eigenvalue weighted by molar-refractivity contribution is 5.14. The van der Waals surface area contributed by atoms with Gasteiger partial charge in [-0.3, -0.25) is 0 Å². The maximum Gasteiger partial charge on any atom is -0.0111 e. The van der Waals surface area contributed by atoms with E-state index in [2.05, 4.69) is 53.3 Å². The second-order valence-electron chi connectivity index (χ2n) is 4.61. The van der Waals surface area contributed by atoms with Crippen molar-refractivity contribution in [3.8, 4) is 0 Å². The minimum absolute atomic E-state index is 0.288. The molecule has 0 aliphatic heterocycles. The number of hydrogen-bond acceptors (Lipinski definition) is 0. The summed E-state index contributed by atoms with van der Waals surface area (Å²) < 4.78 is 0. The lowest BCUT2D eigenvalue weighted by molar-refractivity contribution is 0.440. The maximum atomic E-state index is 3.72. The van der Waals surface area contributed by atoms with Crippen molar-refractivity contribution in [3.63, 3.8) is 0 Å². The monoisotopic (exact) mass is 192 g/mol.